The molecule has 348 valence electrons. The van der Waals surface area contributed by atoms with Crippen molar-refractivity contribution >= 4 is 19.7 Å². The fourth-order valence-corrected chi connectivity index (χ4v) is 8.43. The molecule has 0 aromatic heterocycles. The third kappa shape index (κ3) is 39.1. The van der Waals surface area contributed by atoms with Crippen LogP contribution in [0.5, 0.6) is 0 Å². The summed E-state index contributed by atoms with van der Waals surface area (Å²) in [6, 6.07) is -0.794. The predicted octanol–water partition coefficient (Wildman–Crippen LogP) is 14.6. The molecule has 9 nitrogen and oxygen atoms in total. The van der Waals surface area contributed by atoms with E-state index in [9.17, 15) is 14.2 Å². The van der Waals surface area contributed by atoms with E-state index in [4.69, 9.17) is 24.0 Å². The number of phosphoric acid groups is 1. The molecule has 0 radical (unpaired) electrons. The monoisotopic (exact) mass is 855 g/mol. The van der Waals surface area contributed by atoms with Gasteiger partial charge in [-0.25, -0.2) is 4.57 Å². The average Bonchev–Trinajstić information content (AvgIpc) is 3.23. The number of hydrogen-bond acceptors (Lipinski definition) is 8. The van der Waals surface area contributed by atoms with Crippen LogP contribution in [0.4, 0.5) is 0 Å². The number of unbranched alkanes of at least 4 members (excludes halogenated alkanes) is 29. The summed E-state index contributed by atoms with van der Waals surface area (Å²) in [6.07, 6.45) is 43.6. The van der Waals surface area contributed by atoms with E-state index < -0.39 is 20.0 Å². The number of nitrogens with two attached hydrogens (primary N) is 1. The van der Waals surface area contributed by atoms with Crippen LogP contribution < -0.4 is 11.1 Å². The standard InChI is InChI=1S/C49H95N2O7P/c1-5-9-12-15-18-21-23-24-26-28-30-33-36-39-47(58-49(53)41-38-35-32-27-20-17-14-11-7-3)46(45-57-59(54,55-43-8-4)56-44-42-50)51-48(52)40-37-34-31-29-25-22-19-16-13-10-6-2/h8,36,39,46-47H,4-7,9-35,37-38,40-45,50H2,1-3H3,(H,51,52)/b39-36+/t46-,47+,59?/m0/s1. The lowest BCUT2D eigenvalue weighted by Gasteiger charge is -2.27. The first-order valence-electron chi connectivity index (χ1n) is 24.9. The van der Waals surface area contributed by atoms with Gasteiger partial charge < -0.3 is 15.8 Å². The van der Waals surface area contributed by atoms with E-state index in [1.807, 2.05) is 12.2 Å². The Morgan fingerprint density at radius 2 is 1.02 bits per heavy atom. The van der Waals surface area contributed by atoms with Crippen molar-refractivity contribution in [1.82, 2.24) is 5.32 Å². The van der Waals surface area contributed by atoms with E-state index >= 15 is 0 Å². The molecule has 0 heterocycles. The first kappa shape index (κ1) is 57.5. The van der Waals surface area contributed by atoms with E-state index in [0.717, 1.165) is 57.8 Å². The van der Waals surface area contributed by atoms with Gasteiger partial charge in [0.25, 0.3) is 0 Å². The molecule has 10 heteroatoms. The summed E-state index contributed by atoms with van der Waals surface area (Å²) < 4.78 is 36.3. The maximum absolute atomic E-state index is 13.5. The number of allylic oxidation sites excluding steroid dienone is 1. The maximum atomic E-state index is 13.5. The zero-order chi connectivity index (χ0) is 43.3. The third-order valence-electron chi connectivity index (χ3n) is 10.9. The molecule has 59 heavy (non-hydrogen) atoms. The third-order valence-corrected chi connectivity index (χ3v) is 12.4. The molecular weight excluding hydrogens is 760 g/mol. The van der Waals surface area contributed by atoms with Crippen LogP contribution in [-0.4, -0.2) is 50.4 Å². The SMILES string of the molecule is C=CCOP(=O)(OCCN)OC[C@H](NC(=O)CCCCCCCCCCCCC)[C@@H](/C=C/CCCCCCCCCCCCC)OC(=O)CCCCCCCCCCC. The Morgan fingerprint density at radius 3 is 1.46 bits per heavy atom. The van der Waals surface area contributed by atoms with Gasteiger partial charge in [-0.1, -0.05) is 213 Å². The van der Waals surface area contributed by atoms with Crippen LogP contribution in [0.2, 0.25) is 0 Å². The highest BCUT2D eigenvalue weighted by Crippen LogP contribution is 2.49. The minimum atomic E-state index is -4.04. The van der Waals surface area contributed by atoms with E-state index in [1.54, 1.807) is 0 Å². The second kappa shape index (κ2) is 44.5. The molecule has 0 aromatic carbocycles. The Kier molecular flexibility index (Phi) is 43.4. The van der Waals surface area contributed by atoms with Crippen LogP contribution in [0.25, 0.3) is 0 Å². The van der Waals surface area contributed by atoms with Crippen LogP contribution >= 0.6 is 7.82 Å². The Labute approximate surface area is 364 Å². The van der Waals surface area contributed by atoms with Crippen molar-refractivity contribution < 1.29 is 32.5 Å². The van der Waals surface area contributed by atoms with E-state index in [1.165, 1.54) is 154 Å². The van der Waals surface area contributed by atoms with Crippen molar-refractivity contribution in [1.29, 1.82) is 0 Å². The number of esters is 1. The van der Waals surface area contributed by atoms with E-state index in [0.29, 0.717) is 12.8 Å². The summed E-state index contributed by atoms with van der Waals surface area (Å²) in [4.78, 5) is 26.7. The highest BCUT2D eigenvalue weighted by molar-refractivity contribution is 7.48. The van der Waals surface area contributed by atoms with Crippen molar-refractivity contribution in [2.45, 2.75) is 251 Å². The Morgan fingerprint density at radius 1 is 0.593 bits per heavy atom. The molecule has 0 aromatic rings. The van der Waals surface area contributed by atoms with Crippen LogP contribution in [0.15, 0.2) is 24.8 Å². The molecule has 0 aliphatic rings. The van der Waals surface area contributed by atoms with Crippen molar-refractivity contribution in [3.05, 3.63) is 24.8 Å². The normalized spacial score (nSPS) is 13.7. The van der Waals surface area contributed by atoms with Crippen LogP contribution in [0.3, 0.4) is 0 Å². The van der Waals surface area contributed by atoms with Crippen LogP contribution in [0, 0.1) is 0 Å². The molecule has 1 amide bonds. The zero-order valence-electron chi connectivity index (χ0n) is 38.8. The molecule has 1 unspecified atom stereocenters. The summed E-state index contributed by atoms with van der Waals surface area (Å²) >= 11 is 0. The summed E-state index contributed by atoms with van der Waals surface area (Å²) in [5.41, 5.74) is 5.63. The minimum absolute atomic E-state index is 0.0275. The second-order valence-electron chi connectivity index (χ2n) is 16.7. The highest BCUT2D eigenvalue weighted by atomic mass is 31.2. The molecule has 0 bridgehead atoms. The Balaban J connectivity index is 5.53. The Hall–Kier alpha value is -1.51. The van der Waals surface area contributed by atoms with Gasteiger partial charge in [0.2, 0.25) is 5.91 Å². The molecule has 3 atom stereocenters. The van der Waals surface area contributed by atoms with Gasteiger partial charge in [-0.05, 0) is 31.8 Å². The van der Waals surface area contributed by atoms with Gasteiger partial charge in [0.05, 0.1) is 25.9 Å². The number of carbonyl (C=O) groups is 2. The Bertz CT molecular complexity index is 1030. The lowest BCUT2D eigenvalue weighted by Crippen LogP contribution is -2.47. The van der Waals surface area contributed by atoms with Crippen molar-refractivity contribution in [2.75, 3.05) is 26.4 Å². The topological polar surface area (TPSA) is 126 Å². The first-order valence-corrected chi connectivity index (χ1v) is 26.3. The van der Waals surface area contributed by atoms with Gasteiger partial charge in [0, 0.05) is 19.4 Å². The first-order chi connectivity index (χ1) is 28.9. The molecule has 0 saturated carbocycles. The lowest BCUT2D eigenvalue weighted by atomic mass is 10.0. The highest BCUT2D eigenvalue weighted by Gasteiger charge is 2.32. The van der Waals surface area contributed by atoms with E-state index in [-0.39, 0.29) is 38.2 Å². The van der Waals surface area contributed by atoms with Crippen molar-refractivity contribution in [3.63, 3.8) is 0 Å². The fourth-order valence-electron chi connectivity index (χ4n) is 7.24. The minimum Gasteiger partial charge on any atom is -0.456 e. The average molecular weight is 855 g/mol. The maximum Gasteiger partial charge on any atom is 0.475 e. The number of hydrogen-bond donors (Lipinski definition) is 2. The molecule has 0 aliphatic carbocycles. The van der Waals surface area contributed by atoms with Gasteiger partial charge in [0.1, 0.15) is 6.10 Å². The van der Waals surface area contributed by atoms with E-state index in [2.05, 4.69) is 32.7 Å². The summed E-state index contributed by atoms with van der Waals surface area (Å²) in [5, 5.41) is 3.07. The molecule has 3 N–H and O–H groups in total. The number of rotatable bonds is 47. The predicted molar refractivity (Wildman–Crippen MR) is 250 cm³/mol. The smallest absolute Gasteiger partial charge is 0.456 e. The van der Waals surface area contributed by atoms with Gasteiger partial charge in [-0.2, -0.15) is 0 Å². The molecule has 0 saturated heterocycles. The van der Waals surface area contributed by atoms with Crippen molar-refractivity contribution in [2.24, 2.45) is 5.73 Å². The number of carbonyl (C=O) groups excluding carboxylic acids is 2. The van der Waals surface area contributed by atoms with Gasteiger partial charge in [-0.3, -0.25) is 23.2 Å². The number of ether oxygens (including phenoxy) is 1. The second-order valence-corrected chi connectivity index (χ2v) is 18.4. The number of amides is 1. The van der Waals surface area contributed by atoms with Gasteiger partial charge >= 0.3 is 13.8 Å². The molecule has 0 rings (SSSR count). The van der Waals surface area contributed by atoms with Crippen LogP contribution in [0.1, 0.15) is 239 Å². The molecule has 0 fully saturated rings. The zero-order valence-corrected chi connectivity index (χ0v) is 39.7. The summed E-state index contributed by atoms with van der Waals surface area (Å²) in [7, 11) is -4.04. The molecular formula is C49H95N2O7P. The van der Waals surface area contributed by atoms with Crippen LogP contribution in [-0.2, 0) is 32.5 Å². The quantitative estimate of drug-likeness (QED) is 0.0268. The molecule has 0 aliphatic heterocycles. The molecule has 0 spiro atoms. The largest absolute Gasteiger partial charge is 0.475 e. The number of nitrogens with one attached hydrogen (secondary N) is 1. The summed E-state index contributed by atoms with van der Waals surface area (Å²) in [6.45, 7) is 10.2. The lowest BCUT2D eigenvalue weighted by molar-refractivity contribution is -0.149. The fraction of sp³-hybridized carbons (Fsp3) is 0.878. The van der Waals surface area contributed by atoms with Gasteiger partial charge in [0.15, 0.2) is 0 Å². The van der Waals surface area contributed by atoms with Crippen molar-refractivity contribution in [3.8, 4) is 0 Å². The summed E-state index contributed by atoms with van der Waals surface area (Å²) in [5.74, 6) is -0.467. The number of phosphoric ester groups is 1. The van der Waals surface area contributed by atoms with Gasteiger partial charge in [-0.15, -0.1) is 6.58 Å².